The van der Waals surface area contributed by atoms with Gasteiger partial charge >= 0.3 is 6.03 Å². The normalized spacial score (nSPS) is 10.0. The van der Waals surface area contributed by atoms with Crippen molar-refractivity contribution in [2.45, 2.75) is 6.92 Å². The van der Waals surface area contributed by atoms with Crippen LogP contribution in [-0.2, 0) is 4.79 Å². The average molecular weight is 352 g/mol. The Morgan fingerprint density at radius 2 is 2.10 bits per heavy atom. The fraction of sp³-hybridized carbons (Fsp3) is 0.154. The van der Waals surface area contributed by atoms with Gasteiger partial charge in [-0.25, -0.2) is 4.79 Å². The smallest absolute Gasteiger partial charge is 0.319 e. The van der Waals surface area contributed by atoms with Gasteiger partial charge in [-0.3, -0.25) is 9.89 Å². The first-order chi connectivity index (χ1) is 10.0. The van der Waals surface area contributed by atoms with Gasteiger partial charge in [-0.2, -0.15) is 5.10 Å². The van der Waals surface area contributed by atoms with E-state index in [0.29, 0.717) is 11.4 Å². The maximum Gasteiger partial charge on any atom is 0.319 e. The number of hydrogen-bond acceptors (Lipinski definition) is 3. The van der Waals surface area contributed by atoms with Crippen molar-refractivity contribution in [1.29, 1.82) is 0 Å². The van der Waals surface area contributed by atoms with Crippen molar-refractivity contribution >= 4 is 39.2 Å². The van der Waals surface area contributed by atoms with Crippen LogP contribution in [-0.4, -0.2) is 28.7 Å². The fourth-order valence-electron chi connectivity index (χ4n) is 1.58. The van der Waals surface area contributed by atoms with E-state index in [2.05, 4.69) is 42.1 Å². The average Bonchev–Trinajstić information content (AvgIpc) is 2.93. The molecule has 1 heterocycles. The lowest BCUT2D eigenvalue weighted by Crippen LogP contribution is -2.35. The third-order valence-corrected chi connectivity index (χ3v) is 3.50. The molecule has 0 aliphatic rings. The highest BCUT2D eigenvalue weighted by molar-refractivity contribution is 9.10. The summed E-state index contributed by atoms with van der Waals surface area (Å²) in [6, 6.07) is 5.00. The first-order valence-electron chi connectivity index (χ1n) is 6.14. The van der Waals surface area contributed by atoms with Gasteiger partial charge < -0.3 is 16.0 Å². The summed E-state index contributed by atoms with van der Waals surface area (Å²) in [6.45, 7) is 1.80. The Hall–Kier alpha value is -2.35. The van der Waals surface area contributed by atoms with Crippen molar-refractivity contribution in [2.24, 2.45) is 0 Å². The number of H-pyrrole nitrogens is 1. The molecule has 0 aliphatic carbocycles. The molecule has 110 valence electrons. The maximum atomic E-state index is 11.7. The second-order valence-corrected chi connectivity index (χ2v) is 5.16. The summed E-state index contributed by atoms with van der Waals surface area (Å²) in [4.78, 5) is 23.2. The molecule has 2 rings (SSSR count). The van der Waals surface area contributed by atoms with Crippen LogP contribution < -0.4 is 16.0 Å². The van der Waals surface area contributed by atoms with Crippen molar-refractivity contribution in [2.75, 3.05) is 17.2 Å². The van der Waals surface area contributed by atoms with Crippen LogP contribution in [0.25, 0.3) is 0 Å². The van der Waals surface area contributed by atoms with Crippen molar-refractivity contribution in [3.05, 3.63) is 40.6 Å². The number of nitrogens with one attached hydrogen (secondary N) is 4. The monoisotopic (exact) mass is 351 g/mol. The topological polar surface area (TPSA) is 98.9 Å². The van der Waals surface area contributed by atoms with Crippen molar-refractivity contribution < 1.29 is 9.59 Å². The number of hydrogen-bond donors (Lipinski definition) is 4. The largest absolute Gasteiger partial charge is 0.329 e. The summed E-state index contributed by atoms with van der Waals surface area (Å²) in [5.74, 6) is -0.306. The lowest BCUT2D eigenvalue weighted by Gasteiger charge is -2.08. The highest BCUT2D eigenvalue weighted by Crippen LogP contribution is 2.19. The molecule has 7 nitrogen and oxygen atoms in total. The van der Waals surface area contributed by atoms with Crippen LogP contribution in [0.15, 0.2) is 35.1 Å². The molecule has 2 aromatic rings. The summed E-state index contributed by atoms with van der Waals surface area (Å²) >= 11 is 3.39. The zero-order chi connectivity index (χ0) is 15.2. The number of aromatic amines is 1. The minimum Gasteiger partial charge on any atom is -0.329 e. The van der Waals surface area contributed by atoms with Gasteiger partial charge in [0, 0.05) is 16.4 Å². The number of carbonyl (C=O) groups excluding carboxylic acids is 2. The zero-order valence-electron chi connectivity index (χ0n) is 11.2. The predicted molar refractivity (Wildman–Crippen MR) is 83.1 cm³/mol. The Labute approximate surface area is 129 Å². The van der Waals surface area contributed by atoms with Gasteiger partial charge in [-0.1, -0.05) is 15.9 Å². The molecule has 0 radical (unpaired) electrons. The fourth-order valence-corrected chi connectivity index (χ4v) is 1.83. The molecule has 0 aliphatic heterocycles. The highest BCUT2D eigenvalue weighted by Gasteiger charge is 2.07. The number of rotatable bonds is 4. The van der Waals surface area contributed by atoms with Gasteiger partial charge in [-0.05, 0) is 30.7 Å². The van der Waals surface area contributed by atoms with Crippen LogP contribution in [0.3, 0.4) is 0 Å². The van der Waals surface area contributed by atoms with E-state index in [4.69, 9.17) is 0 Å². The summed E-state index contributed by atoms with van der Waals surface area (Å²) in [7, 11) is 0. The van der Waals surface area contributed by atoms with E-state index in [0.717, 1.165) is 10.0 Å². The Morgan fingerprint density at radius 3 is 2.76 bits per heavy atom. The SMILES string of the molecule is Cc1cc(NC(=O)CNC(=O)Nc2cn[nH]c2)ccc1Br. The number of aryl methyl sites for hydroxylation is 1. The minimum absolute atomic E-state index is 0.126. The molecule has 0 bridgehead atoms. The predicted octanol–water partition coefficient (Wildman–Crippen LogP) is 2.24. The zero-order valence-corrected chi connectivity index (χ0v) is 12.8. The lowest BCUT2D eigenvalue weighted by molar-refractivity contribution is -0.115. The molecule has 0 atom stereocenters. The van der Waals surface area contributed by atoms with E-state index in [-0.39, 0.29) is 12.5 Å². The molecule has 0 saturated carbocycles. The van der Waals surface area contributed by atoms with E-state index in [9.17, 15) is 9.59 Å². The van der Waals surface area contributed by atoms with Gasteiger partial charge in [0.05, 0.1) is 18.4 Å². The quantitative estimate of drug-likeness (QED) is 0.679. The molecular weight excluding hydrogens is 338 g/mol. The number of aromatic nitrogens is 2. The van der Waals surface area contributed by atoms with Crippen LogP contribution in [0.4, 0.5) is 16.2 Å². The molecule has 0 saturated heterocycles. The van der Waals surface area contributed by atoms with Gasteiger partial charge in [0.25, 0.3) is 0 Å². The van der Waals surface area contributed by atoms with E-state index in [1.165, 1.54) is 12.4 Å². The number of amides is 3. The molecule has 3 amide bonds. The summed E-state index contributed by atoms with van der Waals surface area (Å²) in [5, 5.41) is 13.9. The summed E-state index contributed by atoms with van der Waals surface area (Å²) in [5.41, 5.74) is 2.22. The molecule has 8 heteroatoms. The Bertz CT molecular complexity index is 642. The highest BCUT2D eigenvalue weighted by atomic mass is 79.9. The number of urea groups is 1. The van der Waals surface area contributed by atoms with E-state index in [1.807, 2.05) is 19.1 Å². The molecule has 1 aromatic heterocycles. The first kappa shape index (κ1) is 15.0. The number of benzene rings is 1. The molecule has 1 aromatic carbocycles. The van der Waals surface area contributed by atoms with Gasteiger partial charge in [0.15, 0.2) is 0 Å². The van der Waals surface area contributed by atoms with Gasteiger partial charge in [-0.15, -0.1) is 0 Å². The third-order valence-electron chi connectivity index (χ3n) is 2.61. The standard InChI is InChI=1S/C13H14BrN5O2/c1-8-4-9(2-3-11(8)14)18-12(20)7-15-13(21)19-10-5-16-17-6-10/h2-6H,7H2,1H3,(H,16,17)(H,18,20)(H2,15,19,21). The number of anilines is 2. The number of carbonyl (C=O) groups is 2. The third kappa shape index (κ3) is 4.60. The number of nitrogens with zero attached hydrogens (tertiary/aromatic N) is 1. The van der Waals surface area contributed by atoms with Crippen LogP contribution in [0.2, 0.25) is 0 Å². The molecule has 21 heavy (non-hydrogen) atoms. The first-order valence-corrected chi connectivity index (χ1v) is 6.93. The molecule has 0 spiro atoms. The Balaban J connectivity index is 1.79. The number of halogens is 1. The van der Waals surface area contributed by atoms with E-state index >= 15 is 0 Å². The minimum atomic E-state index is -0.474. The van der Waals surface area contributed by atoms with Crippen LogP contribution in [0, 0.1) is 6.92 Å². The second kappa shape index (κ2) is 6.89. The Morgan fingerprint density at radius 1 is 1.29 bits per heavy atom. The molecule has 0 fully saturated rings. The molecule has 4 N–H and O–H groups in total. The van der Waals surface area contributed by atoms with Gasteiger partial charge in [0.1, 0.15) is 0 Å². The lowest BCUT2D eigenvalue weighted by atomic mass is 10.2. The van der Waals surface area contributed by atoms with Crippen LogP contribution in [0.1, 0.15) is 5.56 Å². The van der Waals surface area contributed by atoms with Crippen molar-refractivity contribution in [1.82, 2.24) is 15.5 Å². The van der Waals surface area contributed by atoms with Crippen LogP contribution >= 0.6 is 15.9 Å². The summed E-state index contributed by atoms with van der Waals surface area (Å²) in [6.07, 6.45) is 2.99. The van der Waals surface area contributed by atoms with E-state index < -0.39 is 6.03 Å². The van der Waals surface area contributed by atoms with Crippen molar-refractivity contribution in [3.63, 3.8) is 0 Å². The van der Waals surface area contributed by atoms with Gasteiger partial charge in [0.2, 0.25) is 5.91 Å². The summed E-state index contributed by atoms with van der Waals surface area (Å²) < 4.78 is 0.970. The second-order valence-electron chi connectivity index (χ2n) is 4.31. The molecular formula is C13H14BrN5O2. The Kier molecular flexibility index (Phi) is 4.94. The molecule has 0 unspecified atom stereocenters. The van der Waals surface area contributed by atoms with E-state index in [1.54, 1.807) is 6.07 Å². The van der Waals surface area contributed by atoms with Crippen LogP contribution in [0.5, 0.6) is 0 Å². The maximum absolute atomic E-state index is 11.7. The van der Waals surface area contributed by atoms with Crippen molar-refractivity contribution in [3.8, 4) is 0 Å².